The number of hydrogen-bond donors (Lipinski definition) is 1. The van der Waals surface area contributed by atoms with Gasteiger partial charge in [-0.3, -0.25) is 4.79 Å². The number of carbonyl (C=O) groups is 1. The van der Waals surface area contributed by atoms with Gasteiger partial charge in [0.15, 0.2) is 0 Å². The van der Waals surface area contributed by atoms with Crippen molar-refractivity contribution in [2.75, 3.05) is 13.7 Å². The molecule has 1 amide bonds. The number of amides is 1. The van der Waals surface area contributed by atoms with E-state index >= 15 is 0 Å². The second-order valence-corrected chi connectivity index (χ2v) is 6.45. The lowest BCUT2D eigenvalue weighted by atomic mass is 10.1. The lowest BCUT2D eigenvalue weighted by molar-refractivity contribution is -0.121. The molecule has 0 atom stereocenters. The quantitative estimate of drug-likeness (QED) is 0.637. The fraction of sp³-hybridized carbons (Fsp3) is 0.273. The highest BCUT2D eigenvalue weighted by Crippen LogP contribution is 2.24. The first-order valence-electron chi connectivity index (χ1n) is 9.17. The van der Waals surface area contributed by atoms with Crippen molar-refractivity contribution < 1.29 is 18.3 Å². The van der Waals surface area contributed by atoms with Crippen LogP contribution in [0, 0.1) is 12.7 Å². The summed E-state index contributed by atoms with van der Waals surface area (Å²) in [5.74, 6) is 1.29. The Morgan fingerprint density at radius 3 is 2.61 bits per heavy atom. The summed E-state index contributed by atoms with van der Waals surface area (Å²) >= 11 is 0. The molecule has 0 aliphatic heterocycles. The summed E-state index contributed by atoms with van der Waals surface area (Å²) in [6.07, 6.45) is 1.60. The fourth-order valence-electron chi connectivity index (χ4n) is 2.87. The van der Waals surface area contributed by atoms with E-state index in [1.807, 2.05) is 24.3 Å². The first kappa shape index (κ1) is 19.6. The molecule has 0 fully saturated rings. The number of methoxy groups -OCH3 is 1. The third-order valence-corrected chi connectivity index (χ3v) is 4.48. The van der Waals surface area contributed by atoms with Crippen LogP contribution in [0.2, 0.25) is 0 Å². The summed E-state index contributed by atoms with van der Waals surface area (Å²) in [6.45, 7) is 2.24. The standard InChI is InChI=1S/C22H23FN2O3/c1-15-20(25-22(28-15)18-5-3-4-6-19(18)23)13-14-24-21(26)12-9-16-7-10-17(27-2)11-8-16/h3-8,10-11H,9,12-14H2,1-2H3,(H,24,26). The molecule has 0 saturated carbocycles. The van der Waals surface area contributed by atoms with Crippen LogP contribution >= 0.6 is 0 Å². The zero-order chi connectivity index (χ0) is 19.9. The number of benzene rings is 2. The minimum absolute atomic E-state index is 0.0220. The highest BCUT2D eigenvalue weighted by molar-refractivity contribution is 5.76. The molecule has 0 radical (unpaired) electrons. The summed E-state index contributed by atoms with van der Waals surface area (Å²) in [5, 5.41) is 2.89. The number of carbonyl (C=O) groups excluding carboxylic acids is 1. The monoisotopic (exact) mass is 382 g/mol. The molecule has 2 aromatic carbocycles. The van der Waals surface area contributed by atoms with Crippen LogP contribution in [-0.2, 0) is 17.6 Å². The molecule has 1 N–H and O–H groups in total. The molecule has 0 unspecified atom stereocenters. The van der Waals surface area contributed by atoms with Gasteiger partial charge in [-0.2, -0.15) is 0 Å². The first-order chi connectivity index (χ1) is 13.6. The Morgan fingerprint density at radius 1 is 1.14 bits per heavy atom. The largest absolute Gasteiger partial charge is 0.497 e. The van der Waals surface area contributed by atoms with Gasteiger partial charge in [0.05, 0.1) is 18.4 Å². The summed E-state index contributed by atoms with van der Waals surface area (Å²) in [7, 11) is 1.62. The predicted molar refractivity (Wildman–Crippen MR) is 105 cm³/mol. The zero-order valence-electron chi connectivity index (χ0n) is 16.0. The van der Waals surface area contributed by atoms with Crippen LogP contribution in [0.25, 0.3) is 11.5 Å². The molecule has 6 heteroatoms. The fourth-order valence-corrected chi connectivity index (χ4v) is 2.87. The molecule has 146 valence electrons. The van der Waals surface area contributed by atoms with E-state index in [1.54, 1.807) is 32.2 Å². The van der Waals surface area contributed by atoms with Crippen LogP contribution in [0.3, 0.4) is 0 Å². The highest BCUT2D eigenvalue weighted by Gasteiger charge is 2.14. The average Bonchev–Trinajstić information content (AvgIpc) is 3.07. The number of ether oxygens (including phenoxy) is 1. The molecule has 1 aromatic heterocycles. The zero-order valence-corrected chi connectivity index (χ0v) is 16.0. The van der Waals surface area contributed by atoms with Gasteiger partial charge < -0.3 is 14.5 Å². The van der Waals surface area contributed by atoms with E-state index in [4.69, 9.17) is 9.15 Å². The van der Waals surface area contributed by atoms with E-state index < -0.39 is 0 Å². The number of nitrogens with one attached hydrogen (secondary N) is 1. The Balaban J connectivity index is 1.48. The van der Waals surface area contributed by atoms with Crippen molar-refractivity contribution in [2.45, 2.75) is 26.2 Å². The molecule has 0 bridgehead atoms. The molecule has 3 aromatic rings. The Kier molecular flexibility index (Phi) is 6.42. The summed E-state index contributed by atoms with van der Waals surface area (Å²) < 4.78 is 24.6. The van der Waals surface area contributed by atoms with E-state index in [-0.39, 0.29) is 17.6 Å². The van der Waals surface area contributed by atoms with Gasteiger partial charge in [-0.05, 0) is 43.2 Å². The van der Waals surface area contributed by atoms with Gasteiger partial charge in [-0.15, -0.1) is 0 Å². The molecule has 0 aliphatic rings. The summed E-state index contributed by atoms with van der Waals surface area (Å²) in [5.41, 5.74) is 2.13. The van der Waals surface area contributed by atoms with Gasteiger partial charge in [0, 0.05) is 19.4 Å². The molecule has 3 rings (SSSR count). The van der Waals surface area contributed by atoms with E-state index in [2.05, 4.69) is 10.3 Å². The number of rotatable bonds is 8. The van der Waals surface area contributed by atoms with Crippen molar-refractivity contribution in [1.29, 1.82) is 0 Å². The SMILES string of the molecule is COc1ccc(CCC(=O)NCCc2nc(-c3ccccc3F)oc2C)cc1. The smallest absolute Gasteiger partial charge is 0.229 e. The Labute approximate surface area is 163 Å². The van der Waals surface area contributed by atoms with Crippen molar-refractivity contribution in [3.63, 3.8) is 0 Å². The number of aryl methyl sites for hydroxylation is 2. The molecule has 0 aliphatic carbocycles. The topological polar surface area (TPSA) is 64.4 Å². The van der Waals surface area contributed by atoms with Crippen molar-refractivity contribution in [1.82, 2.24) is 10.3 Å². The van der Waals surface area contributed by atoms with Gasteiger partial charge in [0.25, 0.3) is 0 Å². The third kappa shape index (κ3) is 4.97. The highest BCUT2D eigenvalue weighted by atomic mass is 19.1. The van der Waals surface area contributed by atoms with Gasteiger partial charge in [-0.1, -0.05) is 24.3 Å². The molecule has 1 heterocycles. The van der Waals surface area contributed by atoms with Crippen molar-refractivity contribution in [2.24, 2.45) is 0 Å². The minimum atomic E-state index is -0.373. The number of hydrogen-bond acceptors (Lipinski definition) is 4. The van der Waals surface area contributed by atoms with Crippen LogP contribution in [0.5, 0.6) is 5.75 Å². The van der Waals surface area contributed by atoms with E-state index in [0.717, 1.165) is 11.3 Å². The minimum Gasteiger partial charge on any atom is -0.497 e. The normalized spacial score (nSPS) is 10.7. The van der Waals surface area contributed by atoms with Crippen molar-refractivity contribution in [3.05, 3.63) is 71.4 Å². The molecule has 28 heavy (non-hydrogen) atoms. The maximum Gasteiger partial charge on any atom is 0.229 e. The lowest BCUT2D eigenvalue weighted by Crippen LogP contribution is -2.26. The number of nitrogens with zero attached hydrogens (tertiary/aromatic N) is 1. The lowest BCUT2D eigenvalue weighted by Gasteiger charge is -2.05. The second kappa shape index (κ2) is 9.17. The summed E-state index contributed by atoms with van der Waals surface area (Å²) in [6, 6.07) is 14.0. The van der Waals surface area contributed by atoms with Gasteiger partial charge in [0.1, 0.15) is 17.3 Å². The van der Waals surface area contributed by atoms with Crippen LogP contribution in [0.15, 0.2) is 52.9 Å². The third-order valence-electron chi connectivity index (χ3n) is 4.48. The van der Waals surface area contributed by atoms with E-state index in [1.165, 1.54) is 6.07 Å². The van der Waals surface area contributed by atoms with Crippen molar-refractivity contribution in [3.8, 4) is 17.2 Å². The number of aromatic nitrogens is 1. The van der Waals surface area contributed by atoms with Gasteiger partial charge in [-0.25, -0.2) is 9.37 Å². The maximum atomic E-state index is 13.9. The molecular formula is C22H23FN2O3. The van der Waals surface area contributed by atoms with Gasteiger partial charge in [0.2, 0.25) is 11.8 Å². The Morgan fingerprint density at radius 2 is 1.89 bits per heavy atom. The van der Waals surface area contributed by atoms with E-state index in [9.17, 15) is 9.18 Å². The molecule has 0 saturated heterocycles. The second-order valence-electron chi connectivity index (χ2n) is 6.45. The Hall–Kier alpha value is -3.15. The van der Waals surface area contributed by atoms with E-state index in [0.29, 0.717) is 42.8 Å². The molecule has 5 nitrogen and oxygen atoms in total. The van der Waals surface area contributed by atoms with Crippen LogP contribution in [-0.4, -0.2) is 24.5 Å². The number of halogens is 1. The maximum absolute atomic E-state index is 13.9. The van der Waals surface area contributed by atoms with Crippen LogP contribution < -0.4 is 10.1 Å². The predicted octanol–water partition coefficient (Wildman–Crippen LogP) is 4.09. The van der Waals surface area contributed by atoms with Crippen LogP contribution in [0.1, 0.15) is 23.4 Å². The average molecular weight is 382 g/mol. The number of oxazole rings is 1. The Bertz CT molecular complexity index is 935. The van der Waals surface area contributed by atoms with Crippen LogP contribution in [0.4, 0.5) is 4.39 Å². The molecular weight excluding hydrogens is 359 g/mol. The van der Waals surface area contributed by atoms with Gasteiger partial charge >= 0.3 is 0 Å². The molecule has 0 spiro atoms. The first-order valence-corrected chi connectivity index (χ1v) is 9.17. The summed E-state index contributed by atoms with van der Waals surface area (Å²) in [4.78, 5) is 16.4. The van der Waals surface area contributed by atoms with Crippen molar-refractivity contribution >= 4 is 5.91 Å².